The summed E-state index contributed by atoms with van der Waals surface area (Å²) in [6.07, 6.45) is 6.12. The number of hydrogen-bond donors (Lipinski definition) is 0. The standard InChI is InChI=1S/C12H14O/c1-3-5-10-13-12-8-6-11(4-2)7-9-12/h3,5-10H,1,4H2,2H3/b10-5+. The third kappa shape index (κ3) is 3.16. The summed E-state index contributed by atoms with van der Waals surface area (Å²) in [4.78, 5) is 0. The monoisotopic (exact) mass is 174 g/mol. The first-order valence-corrected chi connectivity index (χ1v) is 4.40. The second-order valence-corrected chi connectivity index (χ2v) is 2.68. The van der Waals surface area contributed by atoms with Gasteiger partial charge < -0.3 is 4.74 Å². The fraction of sp³-hybridized carbons (Fsp3) is 0.167. The van der Waals surface area contributed by atoms with Crippen molar-refractivity contribution in [3.63, 3.8) is 0 Å². The van der Waals surface area contributed by atoms with E-state index in [0.717, 1.165) is 12.2 Å². The van der Waals surface area contributed by atoms with Crippen molar-refractivity contribution in [2.75, 3.05) is 0 Å². The summed E-state index contributed by atoms with van der Waals surface area (Å²) in [5.74, 6) is 0.857. The van der Waals surface area contributed by atoms with Gasteiger partial charge in [-0.2, -0.15) is 0 Å². The average molecular weight is 174 g/mol. The Kier molecular flexibility index (Phi) is 3.83. The maximum atomic E-state index is 5.29. The molecule has 1 aromatic carbocycles. The predicted octanol–water partition coefficient (Wildman–Crippen LogP) is 3.33. The Morgan fingerprint density at radius 1 is 1.31 bits per heavy atom. The summed E-state index contributed by atoms with van der Waals surface area (Å²) < 4.78 is 5.29. The van der Waals surface area contributed by atoms with Crippen molar-refractivity contribution < 1.29 is 4.74 Å². The highest BCUT2D eigenvalue weighted by Crippen LogP contribution is 2.12. The van der Waals surface area contributed by atoms with Crippen LogP contribution >= 0.6 is 0 Å². The molecule has 1 aromatic rings. The predicted molar refractivity (Wildman–Crippen MR) is 55.8 cm³/mol. The fourth-order valence-corrected chi connectivity index (χ4v) is 0.977. The molecule has 0 unspecified atom stereocenters. The zero-order valence-electron chi connectivity index (χ0n) is 7.86. The zero-order valence-corrected chi connectivity index (χ0v) is 7.86. The van der Waals surface area contributed by atoms with Gasteiger partial charge in [0.05, 0.1) is 6.26 Å². The van der Waals surface area contributed by atoms with Gasteiger partial charge in [0.1, 0.15) is 5.75 Å². The van der Waals surface area contributed by atoms with E-state index in [2.05, 4.69) is 25.6 Å². The Balaban J connectivity index is 2.58. The molecule has 0 fully saturated rings. The lowest BCUT2D eigenvalue weighted by Gasteiger charge is -2.00. The molecule has 1 nitrogen and oxygen atoms in total. The van der Waals surface area contributed by atoms with E-state index in [1.54, 1.807) is 18.4 Å². The average Bonchev–Trinajstić information content (AvgIpc) is 2.19. The molecule has 0 atom stereocenters. The second-order valence-electron chi connectivity index (χ2n) is 2.68. The van der Waals surface area contributed by atoms with Gasteiger partial charge in [0, 0.05) is 0 Å². The smallest absolute Gasteiger partial charge is 0.126 e. The van der Waals surface area contributed by atoms with E-state index in [4.69, 9.17) is 4.74 Å². The first kappa shape index (κ1) is 9.59. The van der Waals surface area contributed by atoms with Crippen LogP contribution in [0.5, 0.6) is 5.75 Å². The molecule has 0 aromatic heterocycles. The van der Waals surface area contributed by atoms with Crippen LogP contribution in [0, 0.1) is 0 Å². The van der Waals surface area contributed by atoms with Gasteiger partial charge in [0.25, 0.3) is 0 Å². The Labute approximate surface area is 79.4 Å². The van der Waals surface area contributed by atoms with E-state index in [1.165, 1.54) is 5.56 Å². The normalized spacial score (nSPS) is 10.2. The lowest BCUT2D eigenvalue weighted by atomic mass is 10.2. The third-order valence-electron chi connectivity index (χ3n) is 1.75. The summed E-state index contributed by atoms with van der Waals surface area (Å²) in [5.41, 5.74) is 1.32. The molecule has 0 aliphatic carbocycles. The van der Waals surface area contributed by atoms with Gasteiger partial charge in [-0.25, -0.2) is 0 Å². The SMILES string of the molecule is C=C/C=C/Oc1ccc(CC)cc1. The van der Waals surface area contributed by atoms with E-state index in [-0.39, 0.29) is 0 Å². The fourth-order valence-electron chi connectivity index (χ4n) is 0.977. The van der Waals surface area contributed by atoms with Gasteiger partial charge in [-0.3, -0.25) is 0 Å². The lowest BCUT2D eigenvalue weighted by Crippen LogP contribution is -1.83. The van der Waals surface area contributed by atoms with Crippen LogP contribution < -0.4 is 4.74 Å². The van der Waals surface area contributed by atoms with Crippen LogP contribution in [0.25, 0.3) is 0 Å². The highest BCUT2D eigenvalue weighted by atomic mass is 16.5. The summed E-state index contributed by atoms with van der Waals surface area (Å²) in [6.45, 7) is 5.68. The van der Waals surface area contributed by atoms with Crippen molar-refractivity contribution >= 4 is 0 Å². The number of rotatable bonds is 4. The van der Waals surface area contributed by atoms with Crippen molar-refractivity contribution in [2.24, 2.45) is 0 Å². The van der Waals surface area contributed by atoms with E-state index >= 15 is 0 Å². The van der Waals surface area contributed by atoms with Crippen molar-refractivity contribution in [1.82, 2.24) is 0 Å². The molecule has 0 N–H and O–H groups in total. The molecule has 0 amide bonds. The summed E-state index contributed by atoms with van der Waals surface area (Å²) in [6, 6.07) is 8.06. The molecular formula is C12H14O. The molecule has 0 saturated carbocycles. The van der Waals surface area contributed by atoms with E-state index in [0.29, 0.717) is 0 Å². The van der Waals surface area contributed by atoms with Crippen LogP contribution in [0.1, 0.15) is 12.5 Å². The summed E-state index contributed by atoms with van der Waals surface area (Å²) in [5, 5.41) is 0. The minimum atomic E-state index is 0.857. The minimum Gasteiger partial charge on any atom is -0.465 e. The van der Waals surface area contributed by atoms with Crippen molar-refractivity contribution in [3.05, 3.63) is 54.8 Å². The summed E-state index contributed by atoms with van der Waals surface area (Å²) in [7, 11) is 0. The molecular weight excluding hydrogens is 160 g/mol. The van der Waals surface area contributed by atoms with E-state index in [1.807, 2.05) is 12.1 Å². The number of hydrogen-bond acceptors (Lipinski definition) is 1. The van der Waals surface area contributed by atoms with Crippen molar-refractivity contribution in [2.45, 2.75) is 13.3 Å². The quantitative estimate of drug-likeness (QED) is 0.502. The number of ether oxygens (including phenoxy) is 1. The first-order valence-electron chi connectivity index (χ1n) is 4.40. The highest BCUT2D eigenvalue weighted by Gasteiger charge is 1.90. The largest absolute Gasteiger partial charge is 0.465 e. The van der Waals surface area contributed by atoms with Crippen LogP contribution in [0.3, 0.4) is 0 Å². The topological polar surface area (TPSA) is 9.23 Å². The van der Waals surface area contributed by atoms with Gasteiger partial charge in [-0.1, -0.05) is 31.7 Å². The molecule has 0 aliphatic heterocycles. The van der Waals surface area contributed by atoms with Crippen LogP contribution in [0.15, 0.2) is 49.3 Å². The molecule has 0 aliphatic rings. The van der Waals surface area contributed by atoms with Crippen LogP contribution in [-0.4, -0.2) is 0 Å². The van der Waals surface area contributed by atoms with Gasteiger partial charge in [-0.15, -0.1) is 0 Å². The second kappa shape index (κ2) is 5.20. The molecule has 68 valence electrons. The van der Waals surface area contributed by atoms with Gasteiger partial charge in [-0.05, 0) is 30.2 Å². The maximum absolute atomic E-state index is 5.29. The van der Waals surface area contributed by atoms with Crippen LogP contribution in [-0.2, 0) is 6.42 Å². The lowest BCUT2D eigenvalue weighted by molar-refractivity contribution is 0.481. The van der Waals surface area contributed by atoms with Crippen molar-refractivity contribution in [3.8, 4) is 5.75 Å². The number of benzene rings is 1. The Morgan fingerprint density at radius 3 is 2.54 bits per heavy atom. The van der Waals surface area contributed by atoms with Crippen LogP contribution in [0.4, 0.5) is 0 Å². The molecule has 0 spiro atoms. The third-order valence-corrected chi connectivity index (χ3v) is 1.75. The van der Waals surface area contributed by atoms with Gasteiger partial charge in [0.2, 0.25) is 0 Å². The first-order chi connectivity index (χ1) is 6.36. The summed E-state index contributed by atoms with van der Waals surface area (Å²) >= 11 is 0. The molecule has 1 rings (SSSR count). The maximum Gasteiger partial charge on any atom is 0.126 e. The molecule has 0 radical (unpaired) electrons. The van der Waals surface area contributed by atoms with E-state index in [9.17, 15) is 0 Å². The molecule has 0 bridgehead atoms. The molecule has 1 heteroatoms. The number of allylic oxidation sites excluding steroid dienone is 2. The molecule has 13 heavy (non-hydrogen) atoms. The molecule has 0 saturated heterocycles. The van der Waals surface area contributed by atoms with Crippen molar-refractivity contribution in [1.29, 1.82) is 0 Å². The van der Waals surface area contributed by atoms with Crippen LogP contribution in [0.2, 0.25) is 0 Å². The van der Waals surface area contributed by atoms with E-state index < -0.39 is 0 Å². The Morgan fingerprint density at radius 2 is 2.00 bits per heavy atom. The van der Waals surface area contributed by atoms with Gasteiger partial charge in [0.15, 0.2) is 0 Å². The molecule has 0 heterocycles. The highest BCUT2D eigenvalue weighted by molar-refractivity contribution is 5.27. The minimum absolute atomic E-state index is 0.857. The Bertz CT molecular complexity index is 282. The van der Waals surface area contributed by atoms with Gasteiger partial charge >= 0.3 is 0 Å². The number of aryl methyl sites for hydroxylation is 1. The Hall–Kier alpha value is -1.50. The zero-order chi connectivity index (χ0) is 9.52.